The molecule has 0 heterocycles. The van der Waals surface area contributed by atoms with Crippen LogP contribution in [-0.4, -0.2) is 5.21 Å². The molecule has 0 aliphatic heterocycles. The monoisotopic (exact) mass is 191 g/mol. The molecule has 0 fully saturated rings. The lowest BCUT2D eigenvalue weighted by Gasteiger charge is -2.10. The molecule has 0 radical (unpaired) electrons. The Labute approximate surface area is 70.8 Å². The van der Waals surface area contributed by atoms with Crippen molar-refractivity contribution in [3.8, 4) is 0 Å². The maximum Gasteiger partial charge on any atom is 0.283 e. The van der Waals surface area contributed by atoms with Crippen molar-refractivity contribution in [2.24, 2.45) is 0 Å². The molecule has 12 heavy (non-hydrogen) atoms. The summed E-state index contributed by atoms with van der Waals surface area (Å²) in [6, 6.07) is 5.22. The fourth-order valence-corrected chi connectivity index (χ4v) is 0.959. The second-order valence-electron chi connectivity index (χ2n) is 2.31. The first-order valence-electron chi connectivity index (χ1n) is 3.21. The fourth-order valence-electron chi connectivity index (χ4n) is 0.767. The summed E-state index contributed by atoms with van der Waals surface area (Å²) in [7, 11) is 1.45. The van der Waals surface area contributed by atoms with Crippen LogP contribution in [-0.2, 0) is 5.66 Å². The third-order valence-corrected chi connectivity index (χ3v) is 1.73. The van der Waals surface area contributed by atoms with E-state index in [4.69, 9.17) is 5.21 Å². The zero-order valence-electron chi connectivity index (χ0n) is 6.09. The lowest BCUT2D eigenvalue weighted by molar-refractivity contribution is 0.104. The maximum absolute atomic E-state index is 12.6. The SMILES string of the molecule is ONc1ccc(C(F)(F)P)cc1. The first kappa shape index (κ1) is 9.36. The number of benzene rings is 1. The molecular formula is C7H8F2NOP. The van der Waals surface area contributed by atoms with Gasteiger partial charge in [-0.05, 0) is 12.1 Å². The van der Waals surface area contributed by atoms with E-state index >= 15 is 0 Å². The van der Waals surface area contributed by atoms with E-state index in [9.17, 15) is 8.78 Å². The van der Waals surface area contributed by atoms with Gasteiger partial charge >= 0.3 is 0 Å². The molecule has 0 aliphatic rings. The molecule has 0 saturated carbocycles. The zero-order chi connectivity index (χ0) is 9.19. The van der Waals surface area contributed by atoms with Gasteiger partial charge in [0, 0.05) is 5.56 Å². The Morgan fingerprint density at radius 3 is 2.08 bits per heavy atom. The maximum atomic E-state index is 12.6. The van der Waals surface area contributed by atoms with Gasteiger partial charge in [0.1, 0.15) is 0 Å². The van der Waals surface area contributed by atoms with Gasteiger partial charge in [-0.3, -0.25) is 10.7 Å². The van der Waals surface area contributed by atoms with Crippen molar-refractivity contribution >= 4 is 14.9 Å². The average molecular weight is 191 g/mol. The summed E-state index contributed by atoms with van der Waals surface area (Å²) in [6.45, 7) is 0. The highest BCUT2D eigenvalue weighted by molar-refractivity contribution is 7.17. The summed E-state index contributed by atoms with van der Waals surface area (Å²) in [6.07, 6.45) is 0. The van der Waals surface area contributed by atoms with E-state index in [0.717, 1.165) is 0 Å². The second-order valence-corrected chi connectivity index (χ2v) is 3.04. The molecule has 2 N–H and O–H groups in total. The van der Waals surface area contributed by atoms with E-state index in [1.165, 1.54) is 33.5 Å². The van der Waals surface area contributed by atoms with Crippen LogP contribution in [0.25, 0.3) is 0 Å². The van der Waals surface area contributed by atoms with E-state index < -0.39 is 5.66 Å². The van der Waals surface area contributed by atoms with Crippen LogP contribution in [0, 0.1) is 0 Å². The van der Waals surface area contributed by atoms with Crippen molar-refractivity contribution in [1.29, 1.82) is 0 Å². The van der Waals surface area contributed by atoms with Crippen molar-refractivity contribution < 1.29 is 14.0 Å². The average Bonchev–Trinajstić information content (AvgIpc) is 2.03. The summed E-state index contributed by atoms with van der Waals surface area (Å²) in [4.78, 5) is 0. The molecule has 0 spiro atoms. The number of hydrogen-bond donors (Lipinski definition) is 2. The molecule has 1 atom stereocenters. The minimum Gasteiger partial charge on any atom is -0.291 e. The van der Waals surface area contributed by atoms with Crippen molar-refractivity contribution in [1.82, 2.24) is 0 Å². The van der Waals surface area contributed by atoms with Crippen LogP contribution < -0.4 is 5.48 Å². The standard InChI is InChI=1S/C7H8F2NOP/c8-7(9,12)5-1-3-6(10-11)4-2-5/h1-4,10-11H,12H2. The van der Waals surface area contributed by atoms with Crippen LogP contribution in [0.15, 0.2) is 24.3 Å². The number of hydrogen-bond acceptors (Lipinski definition) is 2. The minimum absolute atomic E-state index is 0.105. The van der Waals surface area contributed by atoms with E-state index in [1.807, 2.05) is 5.48 Å². The summed E-state index contributed by atoms with van der Waals surface area (Å²) < 4.78 is 25.1. The molecule has 1 aromatic rings. The Kier molecular flexibility index (Phi) is 2.60. The molecule has 5 heteroatoms. The Balaban J connectivity index is 2.93. The van der Waals surface area contributed by atoms with Gasteiger partial charge in [0.15, 0.2) is 0 Å². The second kappa shape index (κ2) is 3.33. The van der Waals surface area contributed by atoms with Gasteiger partial charge in [0.05, 0.1) is 5.69 Å². The van der Waals surface area contributed by atoms with E-state index in [-0.39, 0.29) is 5.56 Å². The van der Waals surface area contributed by atoms with Crippen LogP contribution >= 0.6 is 9.24 Å². The Hall–Kier alpha value is -0.730. The van der Waals surface area contributed by atoms with Gasteiger partial charge in [0.2, 0.25) is 0 Å². The van der Waals surface area contributed by atoms with E-state index in [1.54, 1.807) is 0 Å². The van der Waals surface area contributed by atoms with Gasteiger partial charge in [-0.15, -0.1) is 0 Å². The first-order valence-corrected chi connectivity index (χ1v) is 3.79. The highest BCUT2D eigenvalue weighted by Gasteiger charge is 2.23. The van der Waals surface area contributed by atoms with Gasteiger partial charge < -0.3 is 0 Å². The molecule has 66 valence electrons. The zero-order valence-corrected chi connectivity index (χ0v) is 7.24. The molecule has 0 aliphatic carbocycles. The van der Waals surface area contributed by atoms with Crippen LogP contribution in [0.4, 0.5) is 14.5 Å². The molecule has 1 unspecified atom stereocenters. The van der Waals surface area contributed by atoms with Crippen molar-refractivity contribution in [2.45, 2.75) is 5.66 Å². The predicted molar refractivity (Wildman–Crippen MR) is 45.5 cm³/mol. The summed E-state index contributed by atoms with van der Waals surface area (Å²) in [5.41, 5.74) is -0.778. The van der Waals surface area contributed by atoms with Crippen LogP contribution in [0.1, 0.15) is 5.56 Å². The smallest absolute Gasteiger partial charge is 0.283 e. The lowest BCUT2D eigenvalue weighted by atomic mass is 10.2. The Bertz CT molecular complexity index is 257. The van der Waals surface area contributed by atoms with E-state index in [0.29, 0.717) is 5.69 Å². The fraction of sp³-hybridized carbons (Fsp3) is 0.143. The molecule has 0 aromatic heterocycles. The lowest BCUT2D eigenvalue weighted by Crippen LogP contribution is -2.01. The topological polar surface area (TPSA) is 32.3 Å². The first-order chi connectivity index (χ1) is 5.54. The van der Waals surface area contributed by atoms with Crippen molar-refractivity contribution in [3.05, 3.63) is 29.8 Å². The number of rotatable bonds is 2. The van der Waals surface area contributed by atoms with Crippen LogP contribution in [0.3, 0.4) is 0 Å². The summed E-state index contributed by atoms with van der Waals surface area (Å²) in [5, 5.41) is 8.39. The third-order valence-electron chi connectivity index (χ3n) is 1.40. The molecule has 1 aromatic carbocycles. The number of anilines is 1. The van der Waals surface area contributed by atoms with Gasteiger partial charge in [-0.1, -0.05) is 21.4 Å². The van der Waals surface area contributed by atoms with Crippen LogP contribution in [0.5, 0.6) is 0 Å². The number of halogens is 2. The predicted octanol–water partition coefficient (Wildman–Crippen LogP) is 2.41. The Morgan fingerprint density at radius 2 is 1.75 bits per heavy atom. The molecule has 1 rings (SSSR count). The minimum atomic E-state index is -2.91. The summed E-state index contributed by atoms with van der Waals surface area (Å²) >= 11 is 0. The largest absolute Gasteiger partial charge is 0.291 e. The number of nitrogens with one attached hydrogen (secondary N) is 1. The highest BCUT2D eigenvalue weighted by Crippen LogP contribution is 2.34. The molecule has 0 bridgehead atoms. The highest BCUT2D eigenvalue weighted by atomic mass is 31.0. The molecule has 0 saturated heterocycles. The quantitative estimate of drug-likeness (QED) is 0.555. The summed E-state index contributed by atoms with van der Waals surface area (Å²) in [5.74, 6) is 0. The molecule has 0 amide bonds. The van der Waals surface area contributed by atoms with Gasteiger partial charge in [-0.2, -0.15) is 8.78 Å². The normalized spacial score (nSPS) is 11.3. The van der Waals surface area contributed by atoms with Crippen molar-refractivity contribution in [3.63, 3.8) is 0 Å². The third kappa shape index (κ3) is 2.13. The van der Waals surface area contributed by atoms with E-state index in [2.05, 4.69) is 0 Å². The Morgan fingerprint density at radius 1 is 1.25 bits per heavy atom. The van der Waals surface area contributed by atoms with Crippen molar-refractivity contribution in [2.75, 3.05) is 5.48 Å². The molecule has 2 nitrogen and oxygen atoms in total. The van der Waals surface area contributed by atoms with Crippen LogP contribution in [0.2, 0.25) is 0 Å². The number of alkyl halides is 2. The van der Waals surface area contributed by atoms with Gasteiger partial charge in [0.25, 0.3) is 5.66 Å². The molecular weight excluding hydrogens is 183 g/mol. The van der Waals surface area contributed by atoms with Gasteiger partial charge in [-0.25, -0.2) is 0 Å².